The summed E-state index contributed by atoms with van der Waals surface area (Å²) in [7, 11) is 2.63. The fourth-order valence-corrected chi connectivity index (χ4v) is 7.02. The smallest absolute Gasteiger partial charge is 0.657 e. The molecule has 46 heavy (non-hydrogen) atoms. The summed E-state index contributed by atoms with van der Waals surface area (Å²) in [6.45, 7) is 14.1. The molecule has 3 aliphatic rings. The first-order valence-corrected chi connectivity index (χ1v) is 15.2. The van der Waals surface area contributed by atoms with E-state index in [1.807, 2.05) is 45.0 Å². The number of carbonyl (C=O) groups is 3. The van der Waals surface area contributed by atoms with Crippen molar-refractivity contribution in [1.29, 1.82) is 0 Å². The molecule has 0 unspecified atom stereocenters. The molecule has 0 saturated heterocycles. The number of aryl methyl sites for hydroxylation is 2. The molecule has 3 aromatic heterocycles. The molecule has 3 atom stereocenters. The molecular weight excluding hydrogens is 681 g/mol. The molecule has 0 aromatic carbocycles. The van der Waals surface area contributed by atoms with Gasteiger partial charge in [0.1, 0.15) is 5.92 Å². The Morgan fingerprint density at radius 2 is 1.67 bits per heavy atom. The maximum atomic E-state index is 14.0. The van der Waals surface area contributed by atoms with Crippen LogP contribution in [0, 0.1) is 13.8 Å². The number of allylic oxidation sites excluding steroid dienone is 2. The van der Waals surface area contributed by atoms with Crippen molar-refractivity contribution in [3.8, 4) is 0 Å². The molecule has 3 aromatic rings. The molecular formula is C36H36CdN4O5. The van der Waals surface area contributed by atoms with Gasteiger partial charge in [-0.2, -0.15) is 0 Å². The van der Waals surface area contributed by atoms with E-state index in [1.54, 1.807) is 0 Å². The molecule has 9 nitrogen and oxygen atoms in total. The number of rotatable bonds is 6. The molecule has 6 rings (SSSR count). The van der Waals surface area contributed by atoms with Crippen LogP contribution in [-0.2, 0) is 46.4 Å². The van der Waals surface area contributed by atoms with Crippen molar-refractivity contribution in [2.75, 3.05) is 14.2 Å². The minimum Gasteiger partial charge on any atom is -0.657 e. The van der Waals surface area contributed by atoms with Crippen LogP contribution in [0.5, 0.6) is 0 Å². The van der Waals surface area contributed by atoms with Crippen LogP contribution in [0.2, 0.25) is 0 Å². The molecule has 232 valence electrons. The van der Waals surface area contributed by atoms with Gasteiger partial charge in [-0.1, -0.05) is 55.8 Å². The number of carbonyl (C=O) groups excluding carboxylic acids is 3. The zero-order chi connectivity index (χ0) is 32.3. The van der Waals surface area contributed by atoms with Crippen LogP contribution in [0.1, 0.15) is 113 Å². The predicted octanol–water partition coefficient (Wildman–Crippen LogP) is 6.46. The van der Waals surface area contributed by atoms with Crippen molar-refractivity contribution in [2.45, 2.75) is 71.6 Å². The second kappa shape index (κ2) is 12.7. The Morgan fingerprint density at radius 3 is 2.33 bits per heavy atom. The van der Waals surface area contributed by atoms with Crippen LogP contribution in [-0.4, -0.2) is 41.9 Å². The number of aromatic nitrogens is 4. The number of Topliss-reactive ketones (excluding diaryl/α,β-unsaturated/α-hetero) is 1. The fraction of sp³-hybridized carbons (Fsp3) is 0.361. The monoisotopic (exact) mass is 718 g/mol. The van der Waals surface area contributed by atoms with Crippen molar-refractivity contribution in [1.82, 2.24) is 19.9 Å². The summed E-state index contributed by atoms with van der Waals surface area (Å²) in [6, 6.07) is 5.87. The molecule has 0 amide bonds. The molecule has 2 aliphatic heterocycles. The van der Waals surface area contributed by atoms with Crippen LogP contribution >= 0.6 is 0 Å². The molecule has 0 N–H and O–H groups in total. The minimum absolute atomic E-state index is 0. The minimum atomic E-state index is -1.20. The Bertz CT molecular complexity index is 2020. The standard InChI is InChI=1S/C36H37N4O5.Cd/c1-9-20-16(3)23-13-25-18(5)22(11-12-29(41)44-7)33(39-25)31-32(36(43)45-8)35(42)30-19(6)26(40-34(30)31)15-28-21(10-2)17(4)24(38-28)14-27(20)37-23;/h9,13-15,18,22,32H,1,10-12H2,2-8H3,(H-,37,38,39,40,42);/q-1;+2/p-1/t18-,22-,32+;/m0./s1. The SMILES string of the molecule is C=Cc1c(C)c2cc3nc(c4c5[n-]c(cc6nc(cc1[n-]2)C(C)=C6CC)c(C)c5C(=O)[C@@H]4C(=O)OC)[C@@H](CCC(=O)OC)[C@@H]3C.[Cd+2]. The Kier molecular flexibility index (Phi) is 9.27. The van der Waals surface area contributed by atoms with Crippen molar-refractivity contribution < 1.29 is 51.2 Å². The van der Waals surface area contributed by atoms with E-state index < -0.39 is 11.9 Å². The summed E-state index contributed by atoms with van der Waals surface area (Å²) in [5.74, 6) is -3.01. The van der Waals surface area contributed by atoms with Gasteiger partial charge in [0, 0.05) is 35.2 Å². The molecule has 1 aliphatic carbocycles. The van der Waals surface area contributed by atoms with Crippen LogP contribution in [0.25, 0.3) is 39.3 Å². The number of ketones is 1. The second-order valence-electron chi connectivity index (χ2n) is 11.9. The van der Waals surface area contributed by atoms with Gasteiger partial charge < -0.3 is 19.4 Å². The Labute approximate surface area is 288 Å². The van der Waals surface area contributed by atoms with E-state index in [1.165, 1.54) is 14.2 Å². The van der Waals surface area contributed by atoms with Crippen LogP contribution in [0.15, 0.2) is 24.8 Å². The molecule has 0 saturated carbocycles. The average Bonchev–Trinajstić information content (AvgIpc) is 3.76. The number of nitrogens with zero attached hydrogens (tertiary/aromatic N) is 4. The largest absolute Gasteiger partial charge is 2.00 e. The van der Waals surface area contributed by atoms with E-state index in [-0.39, 0.29) is 57.3 Å². The van der Waals surface area contributed by atoms with Gasteiger partial charge in [0.25, 0.3) is 0 Å². The number of esters is 2. The number of methoxy groups -OCH3 is 2. The first-order valence-electron chi connectivity index (χ1n) is 15.2. The van der Waals surface area contributed by atoms with Gasteiger partial charge in [0.15, 0.2) is 5.78 Å². The normalized spacial score (nSPS) is 18.4. The molecule has 10 heteroatoms. The van der Waals surface area contributed by atoms with Gasteiger partial charge in [-0.15, -0.1) is 22.1 Å². The Hall–Kier alpha value is -3.87. The van der Waals surface area contributed by atoms with Crippen molar-refractivity contribution >= 4 is 57.0 Å². The van der Waals surface area contributed by atoms with Gasteiger partial charge in [-0.05, 0) is 55.9 Å². The number of fused-ring (bicyclic) bond motifs is 8. The third kappa shape index (κ3) is 5.16. The first-order chi connectivity index (χ1) is 21.5. The summed E-state index contributed by atoms with van der Waals surface area (Å²) < 4.78 is 10.1. The van der Waals surface area contributed by atoms with Crippen molar-refractivity contribution in [2.24, 2.45) is 0 Å². The number of hydrogen-bond acceptors (Lipinski definition) is 7. The average molecular weight is 717 g/mol. The summed E-state index contributed by atoms with van der Waals surface area (Å²) in [5, 5.41) is 0. The van der Waals surface area contributed by atoms with E-state index in [0.29, 0.717) is 39.8 Å². The van der Waals surface area contributed by atoms with Gasteiger partial charge in [0.2, 0.25) is 0 Å². The Balaban J connectivity index is 0.00000417. The second-order valence-corrected chi connectivity index (χ2v) is 11.9. The maximum Gasteiger partial charge on any atom is 2.00 e. The quantitative estimate of drug-likeness (QED) is 0.161. The maximum absolute atomic E-state index is 14.0. The predicted molar refractivity (Wildman–Crippen MR) is 173 cm³/mol. The topological polar surface area (TPSA) is 124 Å². The zero-order valence-electron chi connectivity index (χ0n) is 27.4. The van der Waals surface area contributed by atoms with E-state index in [2.05, 4.69) is 20.4 Å². The van der Waals surface area contributed by atoms with Crippen LogP contribution in [0.3, 0.4) is 0 Å². The van der Waals surface area contributed by atoms with E-state index in [0.717, 1.165) is 56.8 Å². The summed E-state index contributed by atoms with van der Waals surface area (Å²) in [4.78, 5) is 59.7. The van der Waals surface area contributed by atoms with Gasteiger partial charge in [-0.25, -0.2) is 4.98 Å². The third-order valence-corrected chi connectivity index (χ3v) is 9.63. The van der Waals surface area contributed by atoms with E-state index in [4.69, 9.17) is 29.4 Å². The van der Waals surface area contributed by atoms with E-state index in [9.17, 15) is 14.4 Å². The van der Waals surface area contributed by atoms with Gasteiger partial charge >= 0.3 is 39.2 Å². The fourth-order valence-electron chi connectivity index (χ4n) is 7.02. The summed E-state index contributed by atoms with van der Waals surface area (Å²) in [6.07, 6.45) is 3.13. The number of hydrogen-bond donors (Lipinski definition) is 0. The van der Waals surface area contributed by atoms with E-state index >= 15 is 0 Å². The molecule has 8 bridgehead atoms. The van der Waals surface area contributed by atoms with Crippen molar-refractivity contribution in [3.63, 3.8) is 0 Å². The zero-order valence-corrected chi connectivity index (χ0v) is 31.4. The summed E-state index contributed by atoms with van der Waals surface area (Å²) >= 11 is 0. The third-order valence-electron chi connectivity index (χ3n) is 9.63. The van der Waals surface area contributed by atoms with Crippen LogP contribution in [0.4, 0.5) is 0 Å². The van der Waals surface area contributed by atoms with Gasteiger partial charge in [-0.3, -0.25) is 19.4 Å². The Morgan fingerprint density at radius 1 is 0.978 bits per heavy atom. The summed E-state index contributed by atoms with van der Waals surface area (Å²) in [5.41, 5.74) is 11.0. The van der Waals surface area contributed by atoms with Crippen LogP contribution < -0.4 is 9.97 Å². The molecule has 0 spiro atoms. The molecule has 0 fully saturated rings. The van der Waals surface area contributed by atoms with Gasteiger partial charge in [0.05, 0.1) is 25.6 Å². The molecule has 5 heterocycles. The first kappa shape index (κ1) is 33.5. The van der Waals surface area contributed by atoms with Crippen molar-refractivity contribution in [3.05, 3.63) is 75.4 Å². The molecule has 0 radical (unpaired) electrons. The number of ether oxygens (including phenoxy) is 2.